The molecule has 1 unspecified atom stereocenters. The van der Waals surface area contributed by atoms with E-state index in [1.165, 1.54) is 0 Å². The second-order valence-corrected chi connectivity index (χ2v) is 5.03. The summed E-state index contributed by atoms with van der Waals surface area (Å²) in [5.41, 5.74) is 2.90. The van der Waals surface area contributed by atoms with Gasteiger partial charge in [0, 0.05) is 10.9 Å². The molecule has 0 spiro atoms. The Bertz CT molecular complexity index is 757. The molecule has 1 atom stereocenters. The van der Waals surface area contributed by atoms with Gasteiger partial charge in [0.15, 0.2) is 5.69 Å². The van der Waals surface area contributed by atoms with Gasteiger partial charge in [-0.05, 0) is 30.2 Å². The quantitative estimate of drug-likeness (QED) is 0.817. The van der Waals surface area contributed by atoms with Crippen molar-refractivity contribution >= 4 is 11.6 Å². The van der Waals surface area contributed by atoms with Crippen molar-refractivity contribution in [1.29, 1.82) is 5.26 Å². The minimum Gasteiger partial charge on any atom is -0.445 e. The van der Waals surface area contributed by atoms with Gasteiger partial charge in [-0.2, -0.15) is 10.1 Å². The Labute approximate surface area is 120 Å². The molecule has 2 N–H and O–H groups in total. The normalized spacial score (nSPS) is 16.9. The fraction of sp³-hybridized carbons (Fsp3) is 0.143. The first kappa shape index (κ1) is 12.6. The van der Waals surface area contributed by atoms with Crippen molar-refractivity contribution in [2.75, 3.05) is 5.84 Å². The molecule has 0 fully saturated rings. The van der Waals surface area contributed by atoms with Crippen LogP contribution in [0.4, 0.5) is 0 Å². The highest BCUT2D eigenvalue weighted by atomic mass is 35.5. The van der Waals surface area contributed by atoms with Gasteiger partial charge in [-0.15, -0.1) is 5.10 Å². The van der Waals surface area contributed by atoms with Gasteiger partial charge in [-0.1, -0.05) is 23.7 Å². The van der Waals surface area contributed by atoms with Crippen LogP contribution >= 0.6 is 11.6 Å². The molecule has 0 saturated carbocycles. The van der Waals surface area contributed by atoms with Crippen LogP contribution in [0.3, 0.4) is 0 Å². The molecule has 6 heteroatoms. The summed E-state index contributed by atoms with van der Waals surface area (Å²) in [5, 5.41) is 13.9. The van der Waals surface area contributed by atoms with Crippen molar-refractivity contribution in [1.82, 2.24) is 9.89 Å². The van der Waals surface area contributed by atoms with Crippen LogP contribution in [0.15, 0.2) is 36.1 Å². The van der Waals surface area contributed by atoms with Crippen molar-refractivity contribution in [3.8, 4) is 11.9 Å². The Kier molecular flexibility index (Phi) is 2.88. The van der Waals surface area contributed by atoms with E-state index >= 15 is 0 Å². The summed E-state index contributed by atoms with van der Waals surface area (Å²) >= 11 is 6.06. The molecule has 0 bridgehead atoms. The third kappa shape index (κ3) is 1.82. The molecule has 2 heterocycles. The molecule has 3 rings (SSSR count). The standard InChI is InChI=1S/C14H11ClN4O/c1-8-7-20-14-13(11(6-16)19(17)18-14)12(8)9-3-2-4-10(15)5-9/h2-5,7,12H,17H2,1H3. The van der Waals surface area contributed by atoms with Crippen LogP contribution in [-0.4, -0.2) is 9.89 Å². The van der Waals surface area contributed by atoms with E-state index in [9.17, 15) is 5.26 Å². The minimum atomic E-state index is -0.135. The van der Waals surface area contributed by atoms with E-state index in [1.54, 1.807) is 6.26 Å². The monoisotopic (exact) mass is 286 g/mol. The predicted octanol–water partition coefficient (Wildman–Crippen LogP) is 2.55. The van der Waals surface area contributed by atoms with Crippen molar-refractivity contribution in [3.63, 3.8) is 0 Å². The maximum absolute atomic E-state index is 9.28. The number of nitrogens with zero attached hydrogens (tertiary/aromatic N) is 3. The van der Waals surface area contributed by atoms with Gasteiger partial charge in [0.1, 0.15) is 6.07 Å². The van der Waals surface area contributed by atoms with Crippen LogP contribution in [-0.2, 0) is 0 Å². The van der Waals surface area contributed by atoms with Crippen LogP contribution in [0, 0.1) is 11.3 Å². The summed E-state index contributed by atoms with van der Waals surface area (Å²) < 4.78 is 5.42. The van der Waals surface area contributed by atoms with E-state index < -0.39 is 0 Å². The Morgan fingerprint density at radius 2 is 2.30 bits per heavy atom. The summed E-state index contributed by atoms with van der Waals surface area (Å²) in [4.78, 5) is 1.05. The number of rotatable bonds is 1. The van der Waals surface area contributed by atoms with E-state index in [2.05, 4.69) is 11.2 Å². The first-order chi connectivity index (χ1) is 9.61. The van der Waals surface area contributed by atoms with Crippen molar-refractivity contribution in [3.05, 3.63) is 57.9 Å². The van der Waals surface area contributed by atoms with Crippen molar-refractivity contribution in [2.24, 2.45) is 0 Å². The van der Waals surface area contributed by atoms with Gasteiger partial charge in [-0.25, -0.2) is 0 Å². The highest BCUT2D eigenvalue weighted by Gasteiger charge is 2.31. The average molecular weight is 287 g/mol. The first-order valence-electron chi connectivity index (χ1n) is 5.98. The lowest BCUT2D eigenvalue weighted by atomic mass is 9.85. The number of hydrogen-bond donors (Lipinski definition) is 1. The number of allylic oxidation sites excluding steroid dienone is 1. The largest absolute Gasteiger partial charge is 0.445 e. The number of ether oxygens (including phenoxy) is 1. The zero-order valence-corrected chi connectivity index (χ0v) is 11.4. The number of fused-ring (bicyclic) bond motifs is 1. The predicted molar refractivity (Wildman–Crippen MR) is 74.8 cm³/mol. The number of halogens is 1. The van der Waals surface area contributed by atoms with Gasteiger partial charge in [0.05, 0.1) is 11.8 Å². The Balaban J connectivity index is 2.23. The average Bonchev–Trinajstić information content (AvgIpc) is 2.74. The Morgan fingerprint density at radius 1 is 1.50 bits per heavy atom. The first-order valence-corrected chi connectivity index (χ1v) is 6.36. The van der Waals surface area contributed by atoms with E-state index in [0.29, 0.717) is 16.5 Å². The molecular formula is C14H11ClN4O. The lowest BCUT2D eigenvalue weighted by Crippen LogP contribution is -2.14. The molecule has 1 aromatic carbocycles. The molecule has 0 amide bonds. The second kappa shape index (κ2) is 4.58. The highest BCUT2D eigenvalue weighted by Crippen LogP contribution is 2.41. The topological polar surface area (TPSA) is 76.9 Å². The summed E-state index contributed by atoms with van der Waals surface area (Å²) in [6.45, 7) is 1.93. The molecule has 0 radical (unpaired) electrons. The Morgan fingerprint density at radius 3 is 3.00 bits per heavy atom. The third-order valence-corrected chi connectivity index (χ3v) is 3.54. The maximum Gasteiger partial charge on any atom is 0.245 e. The molecular weight excluding hydrogens is 276 g/mol. The number of nitriles is 1. The Hall–Kier alpha value is -2.45. The molecule has 2 aromatic rings. The molecule has 1 aromatic heterocycles. The molecule has 0 saturated heterocycles. The van der Waals surface area contributed by atoms with Gasteiger partial charge in [0.2, 0.25) is 5.88 Å². The molecule has 5 nitrogen and oxygen atoms in total. The van der Waals surface area contributed by atoms with Crippen molar-refractivity contribution < 1.29 is 4.74 Å². The van der Waals surface area contributed by atoms with Gasteiger partial charge < -0.3 is 10.6 Å². The smallest absolute Gasteiger partial charge is 0.245 e. The number of nitrogen functional groups attached to an aromatic ring is 1. The van der Waals surface area contributed by atoms with E-state index in [0.717, 1.165) is 15.9 Å². The number of aromatic nitrogens is 2. The SMILES string of the molecule is CC1=COc2nn(N)c(C#N)c2C1c1cccc(Cl)c1. The van der Waals surface area contributed by atoms with Gasteiger partial charge in [-0.3, -0.25) is 0 Å². The van der Waals surface area contributed by atoms with Crippen LogP contribution in [0.1, 0.15) is 29.7 Å². The molecule has 1 aliphatic rings. The summed E-state index contributed by atoms with van der Waals surface area (Å²) in [6, 6.07) is 9.58. The van der Waals surface area contributed by atoms with Crippen molar-refractivity contribution in [2.45, 2.75) is 12.8 Å². The van der Waals surface area contributed by atoms with Gasteiger partial charge >= 0.3 is 0 Å². The number of nitrogens with two attached hydrogens (primary N) is 1. The minimum absolute atomic E-state index is 0.135. The van der Waals surface area contributed by atoms with Crippen LogP contribution in [0.2, 0.25) is 5.02 Å². The van der Waals surface area contributed by atoms with Crippen LogP contribution in [0.5, 0.6) is 5.88 Å². The van der Waals surface area contributed by atoms with E-state index in [-0.39, 0.29) is 11.6 Å². The summed E-state index contributed by atoms with van der Waals surface area (Å²) in [7, 11) is 0. The molecule has 20 heavy (non-hydrogen) atoms. The second-order valence-electron chi connectivity index (χ2n) is 4.59. The highest BCUT2D eigenvalue weighted by molar-refractivity contribution is 6.30. The number of hydrogen-bond acceptors (Lipinski definition) is 4. The maximum atomic E-state index is 9.28. The summed E-state index contributed by atoms with van der Waals surface area (Å²) in [5.74, 6) is 5.93. The van der Waals surface area contributed by atoms with Crippen LogP contribution < -0.4 is 10.6 Å². The zero-order valence-electron chi connectivity index (χ0n) is 10.7. The zero-order chi connectivity index (χ0) is 14.3. The van der Waals surface area contributed by atoms with E-state index in [4.69, 9.17) is 22.2 Å². The van der Waals surface area contributed by atoms with E-state index in [1.807, 2.05) is 31.2 Å². The summed E-state index contributed by atoms with van der Waals surface area (Å²) in [6.07, 6.45) is 1.63. The fourth-order valence-corrected chi connectivity index (χ4v) is 2.64. The third-order valence-electron chi connectivity index (χ3n) is 3.30. The molecule has 1 aliphatic heterocycles. The van der Waals surface area contributed by atoms with Gasteiger partial charge in [0.25, 0.3) is 0 Å². The number of benzene rings is 1. The lowest BCUT2D eigenvalue weighted by molar-refractivity contribution is 0.428. The molecule has 0 aliphatic carbocycles. The molecule has 100 valence electrons. The lowest BCUT2D eigenvalue weighted by Gasteiger charge is -2.22. The fourth-order valence-electron chi connectivity index (χ4n) is 2.45. The van der Waals surface area contributed by atoms with Crippen LogP contribution in [0.25, 0.3) is 0 Å².